The van der Waals surface area contributed by atoms with E-state index in [4.69, 9.17) is 9.47 Å². The SMILES string of the molecule is COc1ccc2c(c1)CCC[C@]21NC(=O)N(C[C@@H](O)COc2c(C)cccc2C)C1=O. The highest BCUT2D eigenvalue weighted by Crippen LogP contribution is 2.41. The van der Waals surface area contributed by atoms with Crippen LogP contribution < -0.4 is 14.8 Å². The van der Waals surface area contributed by atoms with Crippen molar-refractivity contribution in [2.75, 3.05) is 20.3 Å². The number of rotatable bonds is 6. The van der Waals surface area contributed by atoms with Gasteiger partial charge in [-0.2, -0.15) is 0 Å². The number of carbonyl (C=O) groups excluding carboxylic acids is 2. The van der Waals surface area contributed by atoms with E-state index in [1.54, 1.807) is 13.2 Å². The molecule has 0 saturated carbocycles. The van der Waals surface area contributed by atoms with Gasteiger partial charge in [-0.05, 0) is 67.5 Å². The summed E-state index contributed by atoms with van der Waals surface area (Å²) in [5.74, 6) is 1.11. The molecule has 3 amide bonds. The Balaban J connectivity index is 1.49. The van der Waals surface area contributed by atoms with Crippen molar-refractivity contribution < 1.29 is 24.2 Å². The molecule has 1 fully saturated rings. The zero-order valence-corrected chi connectivity index (χ0v) is 18.1. The highest BCUT2D eigenvalue weighted by molar-refractivity contribution is 6.07. The minimum Gasteiger partial charge on any atom is -0.497 e. The van der Waals surface area contributed by atoms with Crippen LogP contribution in [-0.2, 0) is 16.8 Å². The predicted octanol–water partition coefficient (Wildman–Crippen LogP) is 2.84. The number of aliphatic hydroxyl groups excluding tert-OH is 1. The van der Waals surface area contributed by atoms with Gasteiger partial charge >= 0.3 is 6.03 Å². The first-order valence-corrected chi connectivity index (χ1v) is 10.5. The molecule has 164 valence electrons. The van der Waals surface area contributed by atoms with Crippen molar-refractivity contribution in [2.24, 2.45) is 0 Å². The van der Waals surface area contributed by atoms with Gasteiger partial charge in [0.1, 0.15) is 29.7 Å². The fraction of sp³-hybridized carbons (Fsp3) is 0.417. The van der Waals surface area contributed by atoms with Crippen LogP contribution in [0.4, 0.5) is 4.79 Å². The summed E-state index contributed by atoms with van der Waals surface area (Å²) >= 11 is 0. The van der Waals surface area contributed by atoms with Crippen molar-refractivity contribution in [3.05, 3.63) is 58.7 Å². The van der Waals surface area contributed by atoms with Crippen molar-refractivity contribution in [2.45, 2.75) is 44.8 Å². The monoisotopic (exact) mass is 424 g/mol. The number of aliphatic hydroxyl groups is 1. The maximum absolute atomic E-state index is 13.4. The molecule has 1 saturated heterocycles. The number of β-amino-alcohol motifs (C(OH)–C–C–N with tert-alkyl or cyclic N) is 1. The summed E-state index contributed by atoms with van der Waals surface area (Å²) in [6, 6.07) is 10.9. The Labute approximate surface area is 182 Å². The summed E-state index contributed by atoms with van der Waals surface area (Å²) < 4.78 is 11.1. The van der Waals surface area contributed by atoms with Gasteiger partial charge in [0.05, 0.1) is 13.7 Å². The maximum atomic E-state index is 13.4. The van der Waals surface area contributed by atoms with Crippen molar-refractivity contribution in [3.8, 4) is 11.5 Å². The number of hydrogen-bond acceptors (Lipinski definition) is 5. The van der Waals surface area contributed by atoms with Gasteiger partial charge in [-0.1, -0.05) is 24.3 Å². The zero-order chi connectivity index (χ0) is 22.2. The first-order chi connectivity index (χ1) is 14.9. The largest absolute Gasteiger partial charge is 0.497 e. The number of aryl methyl sites for hydroxylation is 3. The van der Waals surface area contributed by atoms with Crippen LogP contribution in [0.5, 0.6) is 11.5 Å². The number of imide groups is 1. The lowest BCUT2D eigenvalue weighted by molar-refractivity contribution is -0.133. The normalized spacial score (nSPS) is 21.1. The van der Waals surface area contributed by atoms with Crippen molar-refractivity contribution in [3.63, 3.8) is 0 Å². The minimum absolute atomic E-state index is 0.0104. The lowest BCUT2D eigenvalue weighted by Gasteiger charge is -2.33. The molecule has 0 unspecified atom stereocenters. The van der Waals surface area contributed by atoms with Crippen molar-refractivity contribution >= 4 is 11.9 Å². The molecule has 1 heterocycles. The Bertz CT molecular complexity index is 1000. The number of nitrogens with one attached hydrogen (secondary N) is 1. The molecule has 2 N–H and O–H groups in total. The van der Waals surface area contributed by atoms with Crippen LogP contribution in [0.25, 0.3) is 0 Å². The van der Waals surface area contributed by atoms with E-state index >= 15 is 0 Å². The number of benzene rings is 2. The Kier molecular flexibility index (Phi) is 5.62. The molecule has 1 spiro atoms. The van der Waals surface area contributed by atoms with E-state index in [0.717, 1.165) is 45.7 Å². The van der Waals surface area contributed by atoms with E-state index in [1.165, 1.54) is 0 Å². The molecule has 2 atom stereocenters. The third kappa shape index (κ3) is 3.74. The molecule has 2 aliphatic rings. The first-order valence-electron chi connectivity index (χ1n) is 10.5. The van der Waals surface area contributed by atoms with Gasteiger partial charge in [-0.25, -0.2) is 4.79 Å². The number of amides is 3. The van der Waals surface area contributed by atoms with E-state index in [2.05, 4.69) is 5.32 Å². The second kappa shape index (κ2) is 8.23. The lowest BCUT2D eigenvalue weighted by atomic mass is 9.76. The highest BCUT2D eigenvalue weighted by Gasteiger charge is 2.54. The zero-order valence-electron chi connectivity index (χ0n) is 18.1. The van der Waals surface area contributed by atoms with Crippen molar-refractivity contribution in [1.82, 2.24) is 10.2 Å². The summed E-state index contributed by atoms with van der Waals surface area (Å²) in [7, 11) is 1.60. The molecule has 2 aromatic rings. The number of ether oxygens (including phenoxy) is 2. The summed E-state index contributed by atoms with van der Waals surface area (Å²) in [5, 5.41) is 13.4. The van der Waals surface area contributed by atoms with Gasteiger partial charge in [0.2, 0.25) is 0 Å². The number of para-hydroxylation sites is 1. The fourth-order valence-electron chi connectivity index (χ4n) is 4.61. The van der Waals surface area contributed by atoms with Crippen LogP contribution in [0.15, 0.2) is 36.4 Å². The molecular weight excluding hydrogens is 396 g/mol. The van der Waals surface area contributed by atoms with Crippen LogP contribution in [0.2, 0.25) is 0 Å². The minimum atomic E-state index is -1.08. The fourth-order valence-corrected chi connectivity index (χ4v) is 4.61. The molecule has 7 heteroatoms. The number of methoxy groups -OCH3 is 1. The third-order valence-electron chi connectivity index (χ3n) is 6.17. The summed E-state index contributed by atoms with van der Waals surface area (Å²) in [6.45, 7) is 3.74. The second-order valence-electron chi connectivity index (χ2n) is 8.31. The molecule has 0 bridgehead atoms. The van der Waals surface area contributed by atoms with Crippen LogP contribution >= 0.6 is 0 Å². The average molecular weight is 424 g/mol. The maximum Gasteiger partial charge on any atom is 0.325 e. The average Bonchev–Trinajstić information content (AvgIpc) is 2.98. The number of urea groups is 1. The number of hydrogen-bond donors (Lipinski definition) is 2. The standard InChI is InChI=1S/C24H28N2O5/c1-15-6-4-7-16(2)21(15)31-14-18(27)13-26-22(28)24(25-23(26)29)11-5-8-17-12-19(30-3)9-10-20(17)24/h4,6-7,9-10,12,18,27H,5,8,11,13-14H2,1-3H3,(H,25,29)/t18-,24+/m1/s1. The van der Waals surface area contributed by atoms with Crippen LogP contribution in [0, 0.1) is 13.8 Å². The quantitative estimate of drug-likeness (QED) is 0.697. The first kappa shape index (κ1) is 21.2. The lowest BCUT2D eigenvalue weighted by Crippen LogP contribution is -2.47. The summed E-state index contributed by atoms with van der Waals surface area (Å²) in [5.41, 5.74) is 2.66. The van der Waals surface area contributed by atoms with Gasteiger partial charge < -0.3 is 19.9 Å². The van der Waals surface area contributed by atoms with Gasteiger partial charge in [0.15, 0.2) is 0 Å². The molecule has 0 radical (unpaired) electrons. The van der Waals surface area contributed by atoms with E-state index in [9.17, 15) is 14.7 Å². The molecule has 2 aromatic carbocycles. The number of carbonyl (C=O) groups is 2. The van der Waals surface area contributed by atoms with Crippen molar-refractivity contribution in [1.29, 1.82) is 0 Å². The Morgan fingerprint density at radius 2 is 1.94 bits per heavy atom. The number of fused-ring (bicyclic) bond motifs is 2. The van der Waals surface area contributed by atoms with E-state index in [-0.39, 0.29) is 19.1 Å². The molecule has 0 aromatic heterocycles. The molecule has 1 aliphatic heterocycles. The molecular formula is C24H28N2O5. The second-order valence-corrected chi connectivity index (χ2v) is 8.31. The van der Waals surface area contributed by atoms with E-state index < -0.39 is 17.7 Å². The Morgan fingerprint density at radius 1 is 1.19 bits per heavy atom. The Morgan fingerprint density at radius 3 is 2.65 bits per heavy atom. The smallest absolute Gasteiger partial charge is 0.325 e. The molecule has 4 rings (SSSR count). The molecule has 7 nitrogen and oxygen atoms in total. The number of nitrogens with zero attached hydrogens (tertiary/aromatic N) is 1. The van der Waals surface area contributed by atoms with E-state index in [0.29, 0.717) is 12.2 Å². The summed E-state index contributed by atoms with van der Waals surface area (Å²) in [4.78, 5) is 27.2. The topological polar surface area (TPSA) is 88.1 Å². The van der Waals surface area contributed by atoms with Gasteiger partial charge in [-0.15, -0.1) is 0 Å². The Hall–Kier alpha value is -3.06. The van der Waals surface area contributed by atoms with Gasteiger partial charge in [0.25, 0.3) is 5.91 Å². The van der Waals surface area contributed by atoms with E-state index in [1.807, 2.05) is 44.2 Å². The van der Waals surface area contributed by atoms with Crippen LogP contribution in [0.1, 0.15) is 35.1 Å². The van der Waals surface area contributed by atoms with Crippen LogP contribution in [0.3, 0.4) is 0 Å². The van der Waals surface area contributed by atoms with Crippen LogP contribution in [-0.4, -0.2) is 48.3 Å². The molecule has 31 heavy (non-hydrogen) atoms. The summed E-state index contributed by atoms with van der Waals surface area (Å²) in [6.07, 6.45) is 1.13. The van der Waals surface area contributed by atoms with Gasteiger partial charge in [-0.3, -0.25) is 9.69 Å². The predicted molar refractivity (Wildman–Crippen MR) is 115 cm³/mol. The molecule has 1 aliphatic carbocycles. The third-order valence-corrected chi connectivity index (χ3v) is 6.17. The highest BCUT2D eigenvalue weighted by atomic mass is 16.5. The van der Waals surface area contributed by atoms with Gasteiger partial charge in [0, 0.05) is 0 Å².